The van der Waals surface area contributed by atoms with E-state index in [2.05, 4.69) is 15.5 Å². The predicted octanol–water partition coefficient (Wildman–Crippen LogP) is 1.36. The van der Waals surface area contributed by atoms with Gasteiger partial charge in [0.25, 0.3) is 0 Å². The number of methoxy groups -OCH3 is 1. The molecular weight excluding hydrogens is 278 g/mol. The van der Waals surface area contributed by atoms with E-state index in [1.54, 1.807) is 13.3 Å². The standard InChI is InChI=1S/C13H20ClN5O/c1-10-13(14)12(18(2)17-10)9-19-11(4-5-16-19)8-15-6-7-20-3/h4-5,15H,6-9H2,1-3H3. The Kier molecular flexibility index (Phi) is 5.17. The molecule has 110 valence electrons. The van der Waals surface area contributed by atoms with E-state index in [-0.39, 0.29) is 0 Å². The van der Waals surface area contributed by atoms with E-state index in [4.69, 9.17) is 16.3 Å². The van der Waals surface area contributed by atoms with Crippen LogP contribution in [0.4, 0.5) is 0 Å². The average molecular weight is 298 g/mol. The van der Waals surface area contributed by atoms with Crippen LogP contribution in [0.2, 0.25) is 5.02 Å². The summed E-state index contributed by atoms with van der Waals surface area (Å²) >= 11 is 6.27. The van der Waals surface area contributed by atoms with Gasteiger partial charge < -0.3 is 10.1 Å². The number of halogens is 1. The monoisotopic (exact) mass is 297 g/mol. The van der Waals surface area contributed by atoms with E-state index in [0.29, 0.717) is 18.2 Å². The van der Waals surface area contributed by atoms with Crippen molar-refractivity contribution in [3.63, 3.8) is 0 Å². The minimum Gasteiger partial charge on any atom is -0.383 e. The van der Waals surface area contributed by atoms with Gasteiger partial charge in [-0.2, -0.15) is 10.2 Å². The van der Waals surface area contributed by atoms with Gasteiger partial charge in [0.15, 0.2) is 0 Å². The molecular formula is C13H20ClN5O. The van der Waals surface area contributed by atoms with Crippen LogP contribution in [-0.2, 0) is 24.9 Å². The van der Waals surface area contributed by atoms with Crippen molar-refractivity contribution in [3.8, 4) is 0 Å². The Labute approximate surface area is 123 Å². The molecule has 0 saturated heterocycles. The Morgan fingerprint density at radius 3 is 2.90 bits per heavy atom. The smallest absolute Gasteiger partial charge is 0.0866 e. The minimum absolute atomic E-state index is 0.616. The minimum atomic E-state index is 0.616. The van der Waals surface area contributed by atoms with Crippen molar-refractivity contribution >= 4 is 11.6 Å². The first-order valence-corrected chi connectivity index (χ1v) is 6.89. The molecule has 0 aliphatic carbocycles. The van der Waals surface area contributed by atoms with E-state index >= 15 is 0 Å². The molecule has 6 nitrogen and oxygen atoms in total. The van der Waals surface area contributed by atoms with Gasteiger partial charge in [0.2, 0.25) is 0 Å². The van der Waals surface area contributed by atoms with Gasteiger partial charge in [-0.25, -0.2) is 0 Å². The third kappa shape index (κ3) is 3.39. The van der Waals surface area contributed by atoms with Crippen LogP contribution in [-0.4, -0.2) is 39.8 Å². The van der Waals surface area contributed by atoms with Crippen LogP contribution < -0.4 is 5.32 Å². The van der Waals surface area contributed by atoms with E-state index in [9.17, 15) is 0 Å². The SMILES string of the molecule is COCCNCc1ccnn1Cc1c(Cl)c(C)nn1C. The number of nitrogens with zero attached hydrogens (tertiary/aromatic N) is 4. The number of hydrogen-bond donors (Lipinski definition) is 1. The van der Waals surface area contributed by atoms with Gasteiger partial charge in [-0.1, -0.05) is 11.6 Å². The predicted molar refractivity (Wildman–Crippen MR) is 77.9 cm³/mol. The largest absolute Gasteiger partial charge is 0.383 e. The van der Waals surface area contributed by atoms with Crippen molar-refractivity contribution < 1.29 is 4.74 Å². The second kappa shape index (κ2) is 6.88. The third-order valence-electron chi connectivity index (χ3n) is 3.15. The summed E-state index contributed by atoms with van der Waals surface area (Å²) < 4.78 is 8.75. The molecule has 2 heterocycles. The van der Waals surface area contributed by atoms with E-state index in [1.165, 1.54) is 0 Å². The van der Waals surface area contributed by atoms with Crippen molar-refractivity contribution in [2.24, 2.45) is 7.05 Å². The summed E-state index contributed by atoms with van der Waals surface area (Å²) in [5, 5.41) is 12.7. The fourth-order valence-electron chi connectivity index (χ4n) is 2.04. The molecule has 0 unspecified atom stereocenters. The maximum Gasteiger partial charge on any atom is 0.0866 e. The fraction of sp³-hybridized carbons (Fsp3) is 0.538. The molecule has 0 bridgehead atoms. The third-order valence-corrected chi connectivity index (χ3v) is 3.65. The molecule has 20 heavy (non-hydrogen) atoms. The van der Waals surface area contributed by atoms with Crippen LogP contribution in [0.5, 0.6) is 0 Å². The first-order chi connectivity index (χ1) is 9.63. The molecule has 0 amide bonds. The van der Waals surface area contributed by atoms with Crippen molar-refractivity contribution in [2.45, 2.75) is 20.0 Å². The summed E-state index contributed by atoms with van der Waals surface area (Å²) in [6.07, 6.45) is 1.80. The molecule has 2 rings (SSSR count). The van der Waals surface area contributed by atoms with Crippen LogP contribution in [0.15, 0.2) is 12.3 Å². The summed E-state index contributed by atoms with van der Waals surface area (Å²) in [6, 6.07) is 2.00. The maximum atomic E-state index is 6.27. The van der Waals surface area contributed by atoms with Crippen molar-refractivity contribution in [2.75, 3.05) is 20.3 Å². The Bertz CT molecular complexity index is 563. The second-order valence-corrected chi connectivity index (χ2v) is 5.00. The highest BCUT2D eigenvalue weighted by Crippen LogP contribution is 2.20. The van der Waals surface area contributed by atoms with Crippen LogP contribution in [0.25, 0.3) is 0 Å². The summed E-state index contributed by atoms with van der Waals surface area (Å²) in [6.45, 7) is 4.78. The summed E-state index contributed by atoms with van der Waals surface area (Å²) in [7, 11) is 3.59. The molecule has 7 heteroatoms. The van der Waals surface area contributed by atoms with Gasteiger partial charge in [-0.3, -0.25) is 9.36 Å². The van der Waals surface area contributed by atoms with Crippen molar-refractivity contribution in [1.82, 2.24) is 24.9 Å². The van der Waals surface area contributed by atoms with Crippen molar-refractivity contribution in [3.05, 3.63) is 34.4 Å². The lowest BCUT2D eigenvalue weighted by Gasteiger charge is -2.09. The normalized spacial score (nSPS) is 11.2. The Hall–Kier alpha value is -1.37. The highest BCUT2D eigenvalue weighted by Gasteiger charge is 2.13. The van der Waals surface area contributed by atoms with Gasteiger partial charge in [0, 0.05) is 33.4 Å². The fourth-order valence-corrected chi connectivity index (χ4v) is 2.26. The Morgan fingerprint density at radius 2 is 2.25 bits per heavy atom. The van der Waals surface area contributed by atoms with Gasteiger partial charge in [-0.05, 0) is 13.0 Å². The quantitative estimate of drug-likeness (QED) is 0.784. The number of aryl methyl sites for hydroxylation is 2. The van der Waals surface area contributed by atoms with E-state index < -0.39 is 0 Å². The van der Waals surface area contributed by atoms with Gasteiger partial charge in [-0.15, -0.1) is 0 Å². The summed E-state index contributed by atoms with van der Waals surface area (Å²) in [5.74, 6) is 0. The van der Waals surface area contributed by atoms with E-state index in [1.807, 2.05) is 29.4 Å². The Morgan fingerprint density at radius 1 is 1.45 bits per heavy atom. The van der Waals surface area contributed by atoms with Crippen molar-refractivity contribution in [1.29, 1.82) is 0 Å². The van der Waals surface area contributed by atoms with Crippen LogP contribution in [0.1, 0.15) is 17.1 Å². The number of aromatic nitrogens is 4. The zero-order valence-corrected chi connectivity index (χ0v) is 12.8. The molecule has 2 aromatic rings. The maximum absolute atomic E-state index is 6.27. The molecule has 2 aromatic heterocycles. The Balaban J connectivity index is 2.05. The molecule has 0 atom stereocenters. The lowest BCUT2D eigenvalue weighted by Crippen LogP contribution is -2.21. The summed E-state index contributed by atoms with van der Waals surface area (Å²) in [4.78, 5) is 0. The van der Waals surface area contributed by atoms with E-state index in [0.717, 1.165) is 30.2 Å². The second-order valence-electron chi connectivity index (χ2n) is 4.62. The lowest BCUT2D eigenvalue weighted by molar-refractivity contribution is 0.199. The molecule has 0 fully saturated rings. The number of hydrogen-bond acceptors (Lipinski definition) is 4. The summed E-state index contributed by atoms with van der Waals surface area (Å²) in [5.41, 5.74) is 2.91. The number of ether oxygens (including phenoxy) is 1. The highest BCUT2D eigenvalue weighted by atomic mass is 35.5. The average Bonchev–Trinajstić information content (AvgIpc) is 2.95. The molecule has 0 aromatic carbocycles. The first kappa shape index (κ1) is 15.0. The molecule has 0 saturated carbocycles. The zero-order chi connectivity index (χ0) is 14.5. The highest BCUT2D eigenvalue weighted by molar-refractivity contribution is 6.31. The van der Waals surface area contributed by atoms with Gasteiger partial charge >= 0.3 is 0 Å². The van der Waals surface area contributed by atoms with Crippen LogP contribution in [0.3, 0.4) is 0 Å². The van der Waals surface area contributed by atoms with Gasteiger partial charge in [0.05, 0.1) is 35.3 Å². The number of rotatable bonds is 7. The molecule has 1 N–H and O–H groups in total. The molecule has 0 spiro atoms. The van der Waals surface area contributed by atoms with Crippen LogP contribution >= 0.6 is 11.6 Å². The molecule has 0 radical (unpaired) electrons. The van der Waals surface area contributed by atoms with Gasteiger partial charge in [0.1, 0.15) is 0 Å². The lowest BCUT2D eigenvalue weighted by atomic mass is 10.3. The van der Waals surface area contributed by atoms with Crippen LogP contribution in [0, 0.1) is 6.92 Å². The topological polar surface area (TPSA) is 56.9 Å². The zero-order valence-electron chi connectivity index (χ0n) is 12.1. The molecule has 0 aliphatic rings. The first-order valence-electron chi connectivity index (χ1n) is 6.51. The molecule has 0 aliphatic heterocycles. The number of nitrogens with one attached hydrogen (secondary N) is 1.